The van der Waals surface area contributed by atoms with E-state index in [4.69, 9.17) is 4.74 Å². The van der Waals surface area contributed by atoms with Crippen LogP contribution in [0.1, 0.15) is 52.2 Å². The van der Waals surface area contributed by atoms with Crippen molar-refractivity contribution in [3.05, 3.63) is 83.2 Å². The Morgan fingerprint density at radius 3 is 2.19 bits per heavy atom. The minimum absolute atomic E-state index is 0.0561. The summed E-state index contributed by atoms with van der Waals surface area (Å²) in [5.41, 5.74) is 2.42. The van der Waals surface area contributed by atoms with Crippen molar-refractivity contribution in [2.75, 3.05) is 13.2 Å². The second-order valence-electron chi connectivity index (χ2n) is 9.23. The van der Waals surface area contributed by atoms with Gasteiger partial charge in [0, 0.05) is 31.4 Å². The van der Waals surface area contributed by atoms with Crippen LogP contribution in [0.3, 0.4) is 0 Å². The molecule has 1 aliphatic heterocycles. The lowest BCUT2D eigenvalue weighted by Gasteiger charge is -2.35. The van der Waals surface area contributed by atoms with Gasteiger partial charge in [-0.2, -0.15) is 13.2 Å². The zero-order chi connectivity index (χ0) is 25.4. The number of piperidine rings is 1. The Bertz CT molecular complexity index is 1250. The van der Waals surface area contributed by atoms with Crippen molar-refractivity contribution in [2.24, 2.45) is 0 Å². The van der Waals surface area contributed by atoms with Crippen molar-refractivity contribution in [1.29, 1.82) is 0 Å². The van der Waals surface area contributed by atoms with Crippen LogP contribution >= 0.6 is 0 Å². The molecule has 2 aliphatic rings. The molecule has 1 N–H and O–H groups in total. The van der Waals surface area contributed by atoms with E-state index in [-0.39, 0.29) is 19.1 Å². The molecule has 2 aromatic carbocycles. The summed E-state index contributed by atoms with van der Waals surface area (Å²) in [5, 5.41) is 9.20. The van der Waals surface area contributed by atoms with Gasteiger partial charge in [-0.25, -0.2) is 9.59 Å². The van der Waals surface area contributed by atoms with E-state index >= 15 is 0 Å². The Balaban J connectivity index is 1.31. The molecule has 0 bridgehead atoms. The molecule has 1 aliphatic carbocycles. The average molecular weight is 499 g/mol. The minimum Gasteiger partial charge on any atom is -0.478 e. The molecule has 0 saturated carbocycles. The van der Waals surface area contributed by atoms with Crippen molar-refractivity contribution in [3.8, 4) is 11.1 Å². The molecule has 1 saturated heterocycles. The number of fused-ring (bicyclic) bond motifs is 3. The number of likely N-dealkylation sites (tertiary alicyclic amines) is 1. The maximum absolute atomic E-state index is 13.3. The monoisotopic (exact) mass is 498 g/mol. The zero-order valence-electron chi connectivity index (χ0n) is 19.4. The van der Waals surface area contributed by atoms with Crippen LogP contribution in [0.4, 0.5) is 18.0 Å². The summed E-state index contributed by atoms with van der Waals surface area (Å²) in [6.07, 6.45) is -1.34. The van der Waals surface area contributed by atoms with Crippen molar-refractivity contribution in [1.82, 2.24) is 9.47 Å². The number of halogens is 3. The highest BCUT2D eigenvalue weighted by Crippen LogP contribution is 2.44. The van der Waals surface area contributed by atoms with Gasteiger partial charge in [-0.3, -0.25) is 0 Å². The van der Waals surface area contributed by atoms with Crippen LogP contribution in [0, 0.1) is 0 Å². The van der Waals surface area contributed by atoms with E-state index < -0.39 is 35.4 Å². The first kappa shape index (κ1) is 24.0. The van der Waals surface area contributed by atoms with Gasteiger partial charge in [-0.05, 0) is 41.5 Å². The van der Waals surface area contributed by atoms with Crippen molar-refractivity contribution >= 4 is 12.1 Å². The lowest BCUT2D eigenvalue weighted by molar-refractivity contribution is -0.138. The number of carbonyl (C=O) groups excluding carboxylic acids is 1. The fraction of sp³-hybridized carbons (Fsp3) is 0.333. The Morgan fingerprint density at radius 1 is 0.972 bits per heavy atom. The smallest absolute Gasteiger partial charge is 0.418 e. The number of aromatic carboxylic acids is 1. The number of aromatic nitrogens is 1. The Kier molecular flexibility index (Phi) is 6.24. The molecule has 1 aromatic heterocycles. The Labute approximate surface area is 205 Å². The van der Waals surface area contributed by atoms with E-state index in [1.165, 1.54) is 4.57 Å². The number of carboxylic acids is 1. The molecular weight excluding hydrogens is 473 g/mol. The molecule has 1 amide bonds. The van der Waals surface area contributed by atoms with Crippen LogP contribution in [0.25, 0.3) is 11.1 Å². The SMILES string of the molecule is O=C(O)c1cn(CC2CCCCN2C(=O)OCC2c3ccccc3-c3ccccc32)cc1C(F)(F)F. The fourth-order valence-corrected chi connectivity index (χ4v) is 5.36. The maximum Gasteiger partial charge on any atom is 0.418 e. The molecule has 5 rings (SSSR count). The number of carboxylic acid groups (broad SMARTS) is 1. The molecule has 0 radical (unpaired) electrons. The van der Waals surface area contributed by atoms with Gasteiger partial charge >= 0.3 is 18.2 Å². The highest BCUT2D eigenvalue weighted by molar-refractivity contribution is 5.89. The van der Waals surface area contributed by atoms with Crippen molar-refractivity contribution in [3.63, 3.8) is 0 Å². The first-order valence-electron chi connectivity index (χ1n) is 11.9. The number of alkyl halides is 3. The maximum atomic E-state index is 13.3. The van der Waals surface area contributed by atoms with E-state index in [1.807, 2.05) is 48.5 Å². The van der Waals surface area contributed by atoms with Crippen LogP contribution in [0.2, 0.25) is 0 Å². The number of carbonyl (C=O) groups is 2. The van der Waals surface area contributed by atoms with Gasteiger partial charge in [0.2, 0.25) is 0 Å². The molecule has 0 spiro atoms. The number of hydrogen-bond acceptors (Lipinski definition) is 3. The lowest BCUT2D eigenvalue weighted by Crippen LogP contribution is -2.46. The van der Waals surface area contributed by atoms with E-state index in [1.54, 1.807) is 4.90 Å². The number of amides is 1. The molecule has 1 atom stereocenters. The van der Waals surface area contributed by atoms with E-state index in [0.29, 0.717) is 13.0 Å². The molecule has 1 unspecified atom stereocenters. The van der Waals surface area contributed by atoms with E-state index in [0.717, 1.165) is 47.5 Å². The molecule has 36 heavy (non-hydrogen) atoms. The van der Waals surface area contributed by atoms with Crippen molar-refractivity contribution < 1.29 is 32.6 Å². The van der Waals surface area contributed by atoms with Crippen LogP contribution in [0.15, 0.2) is 60.9 Å². The summed E-state index contributed by atoms with van der Waals surface area (Å²) in [6, 6.07) is 15.6. The summed E-state index contributed by atoms with van der Waals surface area (Å²) in [7, 11) is 0. The predicted octanol–water partition coefficient (Wildman–Crippen LogP) is 6.01. The third-order valence-electron chi connectivity index (χ3n) is 7.04. The lowest BCUT2D eigenvalue weighted by atomic mass is 9.98. The van der Waals surface area contributed by atoms with Gasteiger partial charge in [0.1, 0.15) is 6.61 Å². The third-order valence-corrected chi connectivity index (χ3v) is 7.04. The average Bonchev–Trinajstić information content (AvgIpc) is 3.43. The number of nitrogens with zero attached hydrogens (tertiary/aromatic N) is 2. The molecular formula is C27H25F3N2O4. The summed E-state index contributed by atoms with van der Waals surface area (Å²) < 4.78 is 46.9. The van der Waals surface area contributed by atoms with Gasteiger partial charge in [0.05, 0.1) is 17.2 Å². The van der Waals surface area contributed by atoms with E-state index in [9.17, 15) is 27.9 Å². The van der Waals surface area contributed by atoms with Crippen LogP contribution < -0.4 is 0 Å². The molecule has 1 fully saturated rings. The van der Waals surface area contributed by atoms with E-state index in [2.05, 4.69) is 0 Å². The normalized spacial score (nSPS) is 17.5. The highest BCUT2D eigenvalue weighted by atomic mass is 19.4. The van der Waals surface area contributed by atoms with Crippen LogP contribution in [-0.2, 0) is 17.5 Å². The summed E-state index contributed by atoms with van der Waals surface area (Å²) in [4.78, 5) is 26.0. The summed E-state index contributed by atoms with van der Waals surface area (Å²) >= 11 is 0. The van der Waals surface area contributed by atoms with Gasteiger partial charge in [0.15, 0.2) is 0 Å². The fourth-order valence-electron chi connectivity index (χ4n) is 5.36. The standard InChI is InChI=1S/C27H25F3N2O4/c28-27(29,30)24-15-31(14-22(24)25(33)34)13-17-7-5-6-12-32(17)26(35)36-16-23-20-10-3-1-8-18(20)19-9-2-4-11-21(19)23/h1-4,8-11,14-15,17,23H,5-7,12-13,16H2,(H,33,34). The summed E-state index contributed by atoms with van der Waals surface area (Å²) in [6.45, 7) is 0.641. The summed E-state index contributed by atoms with van der Waals surface area (Å²) in [5.74, 6) is -1.74. The minimum atomic E-state index is -4.78. The van der Waals surface area contributed by atoms with Gasteiger partial charge in [-0.1, -0.05) is 48.5 Å². The Morgan fingerprint density at radius 2 is 1.61 bits per heavy atom. The largest absolute Gasteiger partial charge is 0.478 e. The topological polar surface area (TPSA) is 71.8 Å². The third kappa shape index (κ3) is 4.45. The zero-order valence-corrected chi connectivity index (χ0v) is 19.4. The van der Waals surface area contributed by atoms with Crippen LogP contribution in [0.5, 0.6) is 0 Å². The van der Waals surface area contributed by atoms with Crippen molar-refractivity contribution in [2.45, 2.75) is 43.9 Å². The van der Waals surface area contributed by atoms with Crippen LogP contribution in [-0.4, -0.2) is 45.8 Å². The quantitative estimate of drug-likeness (QED) is 0.468. The molecule has 6 nitrogen and oxygen atoms in total. The number of hydrogen-bond donors (Lipinski definition) is 1. The number of benzene rings is 2. The molecule has 188 valence electrons. The first-order valence-corrected chi connectivity index (χ1v) is 11.9. The second-order valence-corrected chi connectivity index (χ2v) is 9.23. The first-order chi connectivity index (χ1) is 17.2. The predicted molar refractivity (Wildman–Crippen MR) is 126 cm³/mol. The molecule has 2 heterocycles. The highest BCUT2D eigenvalue weighted by Gasteiger charge is 2.38. The number of ether oxygens (including phenoxy) is 1. The molecule has 3 aromatic rings. The van der Waals surface area contributed by atoms with Gasteiger partial charge in [-0.15, -0.1) is 0 Å². The van der Waals surface area contributed by atoms with Gasteiger partial charge in [0.25, 0.3) is 0 Å². The second kappa shape index (κ2) is 9.37. The molecule has 9 heteroatoms. The Hall–Kier alpha value is -3.75. The van der Waals surface area contributed by atoms with Gasteiger partial charge < -0.3 is 19.3 Å². The number of rotatable bonds is 5.